The van der Waals surface area contributed by atoms with Gasteiger partial charge in [0.2, 0.25) is 0 Å². The summed E-state index contributed by atoms with van der Waals surface area (Å²) in [6.07, 6.45) is 11.9. The third kappa shape index (κ3) is 1.79. The molecular formula is C11H16O. The number of hydrogen-bond acceptors (Lipinski definition) is 1. The Hall–Kier alpha value is -0.980. The number of hydrogen-bond donors (Lipinski definition) is 1. The van der Waals surface area contributed by atoms with Crippen molar-refractivity contribution in [3.63, 3.8) is 0 Å². The molecule has 0 fully saturated rings. The Morgan fingerprint density at radius 1 is 1.67 bits per heavy atom. The molecule has 0 amide bonds. The summed E-state index contributed by atoms with van der Waals surface area (Å²) in [7, 11) is 0. The molecule has 1 aliphatic rings. The van der Waals surface area contributed by atoms with Gasteiger partial charge in [-0.15, -0.1) is 0 Å². The fraction of sp³-hybridized carbons (Fsp3) is 0.455. The summed E-state index contributed by atoms with van der Waals surface area (Å²) in [6.45, 7) is 4.15. The van der Waals surface area contributed by atoms with Crippen LogP contribution in [-0.4, -0.2) is 5.11 Å². The van der Waals surface area contributed by atoms with E-state index in [1.165, 1.54) is 0 Å². The van der Waals surface area contributed by atoms with E-state index in [1.54, 1.807) is 6.08 Å². The van der Waals surface area contributed by atoms with Gasteiger partial charge in [-0.25, -0.2) is 0 Å². The molecule has 66 valence electrons. The highest BCUT2D eigenvalue weighted by atomic mass is 16.3. The fourth-order valence-corrected chi connectivity index (χ4v) is 1.30. The van der Waals surface area contributed by atoms with Gasteiger partial charge >= 0.3 is 0 Å². The summed E-state index contributed by atoms with van der Waals surface area (Å²) in [4.78, 5) is 0. The van der Waals surface area contributed by atoms with Crippen molar-refractivity contribution in [3.05, 3.63) is 36.1 Å². The van der Waals surface area contributed by atoms with E-state index in [4.69, 9.17) is 0 Å². The molecule has 12 heavy (non-hydrogen) atoms. The van der Waals surface area contributed by atoms with Gasteiger partial charge < -0.3 is 5.11 Å². The second kappa shape index (κ2) is 3.61. The van der Waals surface area contributed by atoms with Crippen LogP contribution < -0.4 is 0 Å². The molecule has 0 aliphatic heterocycles. The zero-order valence-electron chi connectivity index (χ0n) is 7.75. The molecule has 1 nitrogen and oxygen atoms in total. The summed E-state index contributed by atoms with van der Waals surface area (Å²) in [5.74, 6) is 0.467. The normalized spacial score (nSPS) is 29.3. The first-order valence-electron chi connectivity index (χ1n) is 4.43. The molecule has 0 bridgehead atoms. The van der Waals surface area contributed by atoms with Gasteiger partial charge in [-0.05, 0) is 25.8 Å². The van der Waals surface area contributed by atoms with Gasteiger partial charge in [0, 0.05) is 5.41 Å². The van der Waals surface area contributed by atoms with Crippen molar-refractivity contribution in [3.8, 4) is 0 Å². The lowest BCUT2D eigenvalue weighted by Crippen LogP contribution is -2.17. The van der Waals surface area contributed by atoms with Crippen molar-refractivity contribution >= 4 is 0 Å². The molecule has 0 aromatic rings. The van der Waals surface area contributed by atoms with Gasteiger partial charge in [0.1, 0.15) is 5.76 Å². The highest BCUT2D eigenvalue weighted by Crippen LogP contribution is 2.34. The summed E-state index contributed by atoms with van der Waals surface area (Å²) >= 11 is 0. The van der Waals surface area contributed by atoms with Crippen molar-refractivity contribution in [1.29, 1.82) is 0 Å². The Balaban J connectivity index is 2.78. The van der Waals surface area contributed by atoms with Crippen LogP contribution in [-0.2, 0) is 0 Å². The van der Waals surface area contributed by atoms with E-state index in [1.807, 2.05) is 6.08 Å². The van der Waals surface area contributed by atoms with E-state index < -0.39 is 0 Å². The van der Waals surface area contributed by atoms with Crippen LogP contribution >= 0.6 is 0 Å². The molecule has 1 unspecified atom stereocenters. The second-order valence-electron chi connectivity index (χ2n) is 3.41. The lowest BCUT2D eigenvalue weighted by atomic mass is 9.81. The van der Waals surface area contributed by atoms with Crippen molar-refractivity contribution < 1.29 is 5.11 Å². The number of rotatable bonds is 2. The Morgan fingerprint density at radius 2 is 2.42 bits per heavy atom. The molecule has 0 heterocycles. The van der Waals surface area contributed by atoms with Crippen LogP contribution in [0.15, 0.2) is 36.1 Å². The zero-order valence-corrected chi connectivity index (χ0v) is 7.75. The molecule has 0 spiro atoms. The minimum absolute atomic E-state index is 0.162. The summed E-state index contributed by atoms with van der Waals surface area (Å²) in [5, 5.41) is 9.61. The monoisotopic (exact) mass is 164 g/mol. The SMILES string of the molecule is CCC=CC1(C)CC=CC=C1O. The van der Waals surface area contributed by atoms with E-state index in [0.29, 0.717) is 5.76 Å². The standard InChI is InChI=1S/C11H16O/c1-3-4-8-11(2)9-6-5-7-10(11)12/h4-8,12H,3,9H2,1-2H3. The van der Waals surface area contributed by atoms with Crippen molar-refractivity contribution in [1.82, 2.24) is 0 Å². The maximum absolute atomic E-state index is 9.61. The average Bonchev–Trinajstić information content (AvgIpc) is 2.07. The van der Waals surface area contributed by atoms with Gasteiger partial charge in [0.15, 0.2) is 0 Å². The minimum Gasteiger partial charge on any atom is -0.511 e. The molecule has 1 N–H and O–H groups in total. The van der Waals surface area contributed by atoms with E-state index in [-0.39, 0.29) is 5.41 Å². The second-order valence-corrected chi connectivity index (χ2v) is 3.41. The van der Waals surface area contributed by atoms with Gasteiger partial charge in [-0.3, -0.25) is 0 Å². The van der Waals surface area contributed by atoms with Crippen molar-refractivity contribution in [2.45, 2.75) is 26.7 Å². The Bertz CT molecular complexity index is 235. The molecule has 0 saturated carbocycles. The molecule has 0 aromatic carbocycles. The predicted octanol–water partition coefficient (Wildman–Crippen LogP) is 3.36. The maximum atomic E-state index is 9.61. The Morgan fingerprint density at radius 3 is 3.00 bits per heavy atom. The Kier molecular flexibility index (Phi) is 2.74. The molecule has 1 atom stereocenters. The van der Waals surface area contributed by atoms with Gasteiger partial charge in [-0.1, -0.05) is 31.2 Å². The van der Waals surface area contributed by atoms with Crippen LogP contribution in [0.5, 0.6) is 0 Å². The molecule has 0 saturated heterocycles. The van der Waals surface area contributed by atoms with E-state index in [9.17, 15) is 5.11 Å². The van der Waals surface area contributed by atoms with E-state index in [0.717, 1.165) is 12.8 Å². The molecular weight excluding hydrogens is 148 g/mol. The maximum Gasteiger partial charge on any atom is 0.102 e. The predicted molar refractivity (Wildman–Crippen MR) is 52.0 cm³/mol. The molecule has 1 rings (SSSR count). The van der Waals surface area contributed by atoms with Crippen LogP contribution in [0.4, 0.5) is 0 Å². The first kappa shape index (κ1) is 9.11. The highest BCUT2D eigenvalue weighted by Gasteiger charge is 2.25. The smallest absolute Gasteiger partial charge is 0.102 e. The third-order valence-electron chi connectivity index (χ3n) is 2.24. The number of allylic oxidation sites excluding steroid dienone is 5. The molecule has 0 aromatic heterocycles. The van der Waals surface area contributed by atoms with Crippen LogP contribution in [0, 0.1) is 5.41 Å². The Labute approximate surface area is 74.1 Å². The molecule has 1 heteroatoms. The summed E-state index contributed by atoms with van der Waals surface area (Å²) in [6, 6.07) is 0. The van der Waals surface area contributed by atoms with Crippen LogP contribution in [0.25, 0.3) is 0 Å². The average molecular weight is 164 g/mol. The van der Waals surface area contributed by atoms with Crippen LogP contribution in [0.2, 0.25) is 0 Å². The van der Waals surface area contributed by atoms with Crippen molar-refractivity contribution in [2.75, 3.05) is 0 Å². The summed E-state index contributed by atoms with van der Waals surface area (Å²) < 4.78 is 0. The molecule has 1 aliphatic carbocycles. The third-order valence-corrected chi connectivity index (χ3v) is 2.24. The lowest BCUT2D eigenvalue weighted by molar-refractivity contribution is 0.284. The van der Waals surface area contributed by atoms with Crippen molar-refractivity contribution in [2.24, 2.45) is 5.41 Å². The molecule has 0 radical (unpaired) electrons. The largest absolute Gasteiger partial charge is 0.511 e. The minimum atomic E-state index is -0.162. The number of aliphatic hydroxyl groups is 1. The van der Waals surface area contributed by atoms with E-state index >= 15 is 0 Å². The fourth-order valence-electron chi connectivity index (χ4n) is 1.30. The topological polar surface area (TPSA) is 20.2 Å². The van der Waals surface area contributed by atoms with Gasteiger partial charge in [0.05, 0.1) is 0 Å². The van der Waals surface area contributed by atoms with Crippen LogP contribution in [0.3, 0.4) is 0 Å². The lowest BCUT2D eigenvalue weighted by Gasteiger charge is -2.25. The number of aliphatic hydroxyl groups excluding tert-OH is 1. The van der Waals surface area contributed by atoms with Crippen LogP contribution in [0.1, 0.15) is 26.7 Å². The van der Waals surface area contributed by atoms with Gasteiger partial charge in [0.25, 0.3) is 0 Å². The van der Waals surface area contributed by atoms with E-state index in [2.05, 4.69) is 32.1 Å². The summed E-state index contributed by atoms with van der Waals surface area (Å²) in [5.41, 5.74) is -0.162. The first-order chi connectivity index (χ1) is 5.69. The zero-order chi connectivity index (χ0) is 9.03. The quantitative estimate of drug-likeness (QED) is 0.620. The highest BCUT2D eigenvalue weighted by molar-refractivity contribution is 5.25. The first-order valence-corrected chi connectivity index (χ1v) is 4.43. The van der Waals surface area contributed by atoms with Gasteiger partial charge in [-0.2, -0.15) is 0 Å².